The topological polar surface area (TPSA) is 43.1 Å². The zero-order valence-electron chi connectivity index (χ0n) is 8.01. The van der Waals surface area contributed by atoms with Gasteiger partial charge in [-0.05, 0) is 19.1 Å². The summed E-state index contributed by atoms with van der Waals surface area (Å²) in [7, 11) is 1.84. The van der Waals surface area contributed by atoms with Crippen LogP contribution in [0.4, 0.5) is 5.69 Å². The van der Waals surface area contributed by atoms with Gasteiger partial charge < -0.3 is 0 Å². The molecule has 0 fully saturated rings. The van der Waals surface area contributed by atoms with Gasteiger partial charge in [0.2, 0.25) is 4.80 Å². The van der Waals surface area contributed by atoms with Crippen molar-refractivity contribution in [3.63, 3.8) is 0 Å². The van der Waals surface area contributed by atoms with Crippen LogP contribution in [0.25, 0.3) is 0 Å². The minimum atomic E-state index is 0.677. The number of benzene rings is 1. The van der Waals surface area contributed by atoms with Crippen LogP contribution in [0.1, 0.15) is 5.56 Å². The smallest absolute Gasteiger partial charge is 0.217 e. The van der Waals surface area contributed by atoms with Gasteiger partial charge in [-0.2, -0.15) is 0 Å². The Morgan fingerprint density at radius 1 is 1.29 bits per heavy atom. The third-order valence-electron chi connectivity index (χ3n) is 1.73. The average molecular weight is 206 g/mol. The molecular weight excluding hydrogens is 196 g/mol. The second-order valence-electron chi connectivity index (χ2n) is 2.97. The van der Waals surface area contributed by atoms with Crippen LogP contribution in [-0.2, 0) is 7.05 Å². The Bertz CT molecular complexity index is 480. The molecule has 1 aromatic carbocycles. The molecule has 1 aromatic heterocycles. The maximum Gasteiger partial charge on any atom is 0.249 e. The lowest BCUT2D eigenvalue weighted by atomic mass is 10.2. The van der Waals surface area contributed by atoms with E-state index in [2.05, 4.69) is 22.2 Å². The summed E-state index contributed by atoms with van der Waals surface area (Å²) in [6.07, 6.45) is 0. The van der Waals surface area contributed by atoms with E-state index in [1.54, 1.807) is 4.07 Å². The number of aromatic nitrogens is 3. The Morgan fingerprint density at radius 2 is 2.00 bits per heavy atom. The summed E-state index contributed by atoms with van der Waals surface area (Å²) in [6, 6.07) is 7.99. The zero-order valence-corrected chi connectivity index (χ0v) is 8.82. The summed E-state index contributed by atoms with van der Waals surface area (Å²) in [5.74, 6) is 0. The quantitative estimate of drug-likeness (QED) is 0.708. The molecule has 2 rings (SSSR count). The summed E-state index contributed by atoms with van der Waals surface area (Å²) in [5, 5.41) is 7.72. The van der Waals surface area contributed by atoms with Crippen molar-refractivity contribution in [2.45, 2.75) is 6.92 Å². The summed E-state index contributed by atoms with van der Waals surface area (Å²) >= 11 is 1.41. The van der Waals surface area contributed by atoms with E-state index in [0.717, 1.165) is 5.69 Å². The lowest BCUT2D eigenvalue weighted by Gasteiger charge is -1.91. The third kappa shape index (κ3) is 2.05. The van der Waals surface area contributed by atoms with Gasteiger partial charge >= 0.3 is 0 Å². The number of aryl methyl sites for hydroxylation is 2. The third-order valence-corrected chi connectivity index (χ3v) is 2.40. The number of rotatable bonds is 1. The molecule has 0 spiro atoms. The first-order valence-electron chi connectivity index (χ1n) is 4.23. The molecule has 14 heavy (non-hydrogen) atoms. The van der Waals surface area contributed by atoms with Crippen LogP contribution in [0.15, 0.2) is 29.3 Å². The van der Waals surface area contributed by atoms with Gasteiger partial charge in [0, 0.05) is 18.6 Å². The van der Waals surface area contributed by atoms with Crippen molar-refractivity contribution in [3.05, 3.63) is 34.6 Å². The highest BCUT2D eigenvalue weighted by Gasteiger charge is 1.91. The molecule has 4 nitrogen and oxygen atoms in total. The molecular formula is C9H10N4S. The Labute approximate surface area is 85.7 Å². The molecule has 0 saturated heterocycles. The van der Waals surface area contributed by atoms with Crippen molar-refractivity contribution in [3.8, 4) is 0 Å². The molecule has 0 aliphatic rings. The molecule has 0 saturated carbocycles. The molecule has 0 aliphatic heterocycles. The van der Waals surface area contributed by atoms with Crippen molar-refractivity contribution >= 4 is 17.2 Å². The summed E-state index contributed by atoms with van der Waals surface area (Å²) < 4.78 is 1.67. The molecule has 1 heterocycles. The highest BCUT2D eigenvalue weighted by atomic mass is 32.1. The van der Waals surface area contributed by atoms with Gasteiger partial charge in [0.05, 0.1) is 5.69 Å². The maximum absolute atomic E-state index is 4.33. The van der Waals surface area contributed by atoms with E-state index in [1.807, 2.05) is 31.3 Å². The molecule has 0 bridgehead atoms. The van der Waals surface area contributed by atoms with Crippen molar-refractivity contribution < 1.29 is 0 Å². The second kappa shape index (κ2) is 3.71. The molecule has 2 aromatic rings. The SMILES string of the molecule is Cc1ccc(N=c2nnn(C)s2)cc1. The van der Waals surface area contributed by atoms with Crippen LogP contribution < -0.4 is 4.80 Å². The summed E-state index contributed by atoms with van der Waals surface area (Å²) in [4.78, 5) is 5.00. The van der Waals surface area contributed by atoms with E-state index in [-0.39, 0.29) is 0 Å². The first-order chi connectivity index (χ1) is 6.74. The molecule has 0 amide bonds. The van der Waals surface area contributed by atoms with E-state index >= 15 is 0 Å². The fourth-order valence-corrected chi connectivity index (χ4v) is 1.56. The highest BCUT2D eigenvalue weighted by Crippen LogP contribution is 2.10. The molecule has 0 atom stereocenters. The Morgan fingerprint density at radius 3 is 2.57 bits per heavy atom. The molecule has 5 heteroatoms. The highest BCUT2D eigenvalue weighted by molar-refractivity contribution is 7.03. The van der Waals surface area contributed by atoms with Crippen LogP contribution in [0.2, 0.25) is 0 Å². The predicted octanol–water partition coefficient (Wildman–Crippen LogP) is 1.42. The second-order valence-corrected chi connectivity index (χ2v) is 4.05. The minimum absolute atomic E-state index is 0.677. The predicted molar refractivity (Wildman–Crippen MR) is 55.3 cm³/mol. The van der Waals surface area contributed by atoms with Gasteiger partial charge in [-0.3, -0.25) is 0 Å². The normalized spacial score (nSPS) is 12.0. The number of hydrogen-bond acceptors (Lipinski definition) is 4. The Hall–Kier alpha value is -1.49. The van der Waals surface area contributed by atoms with Crippen LogP contribution in [0, 0.1) is 6.92 Å². The molecule has 0 radical (unpaired) electrons. The number of hydrogen-bond donors (Lipinski definition) is 0. The van der Waals surface area contributed by atoms with Gasteiger partial charge in [-0.15, -0.1) is 0 Å². The molecule has 72 valence electrons. The van der Waals surface area contributed by atoms with Gasteiger partial charge in [0.25, 0.3) is 0 Å². The van der Waals surface area contributed by atoms with Gasteiger partial charge in [0.15, 0.2) is 0 Å². The van der Waals surface area contributed by atoms with Crippen molar-refractivity contribution in [2.75, 3.05) is 0 Å². The standard InChI is InChI=1S/C9H10N4S/c1-7-3-5-8(6-4-7)10-9-11-12-13(2)14-9/h3-6H,1-2H3. The van der Waals surface area contributed by atoms with Crippen LogP contribution in [0.3, 0.4) is 0 Å². The Kier molecular flexibility index (Phi) is 2.41. The van der Waals surface area contributed by atoms with E-state index in [9.17, 15) is 0 Å². The average Bonchev–Trinajstić information content (AvgIpc) is 2.56. The Balaban J connectivity index is 2.38. The largest absolute Gasteiger partial charge is 0.249 e. The fraction of sp³-hybridized carbons (Fsp3) is 0.222. The first-order valence-corrected chi connectivity index (χ1v) is 5.00. The fourth-order valence-electron chi connectivity index (χ4n) is 1.03. The number of nitrogens with zero attached hydrogens (tertiary/aromatic N) is 4. The van der Waals surface area contributed by atoms with Gasteiger partial charge in [-0.25, -0.2) is 9.06 Å². The van der Waals surface area contributed by atoms with Crippen LogP contribution >= 0.6 is 11.5 Å². The molecule has 0 aliphatic carbocycles. The van der Waals surface area contributed by atoms with Crippen LogP contribution in [-0.4, -0.2) is 14.4 Å². The van der Waals surface area contributed by atoms with Crippen molar-refractivity contribution in [2.24, 2.45) is 12.0 Å². The molecule has 0 N–H and O–H groups in total. The first kappa shape index (κ1) is 9.08. The minimum Gasteiger partial charge on any atom is -0.217 e. The van der Waals surface area contributed by atoms with E-state index < -0.39 is 0 Å². The molecule has 0 unspecified atom stereocenters. The van der Waals surface area contributed by atoms with Gasteiger partial charge in [0.1, 0.15) is 0 Å². The van der Waals surface area contributed by atoms with Crippen molar-refractivity contribution in [1.29, 1.82) is 0 Å². The van der Waals surface area contributed by atoms with E-state index in [1.165, 1.54) is 17.1 Å². The summed E-state index contributed by atoms with van der Waals surface area (Å²) in [6.45, 7) is 2.05. The lowest BCUT2D eigenvalue weighted by Crippen LogP contribution is -1.95. The zero-order chi connectivity index (χ0) is 9.97. The monoisotopic (exact) mass is 206 g/mol. The maximum atomic E-state index is 4.33. The van der Waals surface area contributed by atoms with Crippen LogP contribution in [0.5, 0.6) is 0 Å². The van der Waals surface area contributed by atoms with E-state index in [0.29, 0.717) is 4.80 Å². The van der Waals surface area contributed by atoms with Gasteiger partial charge in [-0.1, -0.05) is 28.0 Å². The van der Waals surface area contributed by atoms with Crippen molar-refractivity contribution in [1.82, 2.24) is 14.4 Å². The van der Waals surface area contributed by atoms with E-state index in [4.69, 9.17) is 0 Å². The summed E-state index contributed by atoms with van der Waals surface area (Å²) in [5.41, 5.74) is 2.14. The lowest BCUT2D eigenvalue weighted by molar-refractivity contribution is 0.754.